The van der Waals surface area contributed by atoms with Gasteiger partial charge < -0.3 is 15.5 Å². The van der Waals surface area contributed by atoms with Gasteiger partial charge in [-0.3, -0.25) is 9.59 Å². The molecule has 6 heteroatoms. The first kappa shape index (κ1) is 17.6. The van der Waals surface area contributed by atoms with Gasteiger partial charge in [0, 0.05) is 32.3 Å². The summed E-state index contributed by atoms with van der Waals surface area (Å²) in [6, 6.07) is 0. The van der Waals surface area contributed by atoms with Gasteiger partial charge in [-0.15, -0.1) is 0 Å². The summed E-state index contributed by atoms with van der Waals surface area (Å²) in [7, 11) is 0. The summed E-state index contributed by atoms with van der Waals surface area (Å²) in [5.41, 5.74) is -1.44. The molecule has 110 valence electrons. The van der Waals surface area contributed by atoms with Crippen molar-refractivity contribution in [1.82, 2.24) is 5.32 Å². The molecule has 0 aliphatic heterocycles. The predicted molar refractivity (Wildman–Crippen MR) is 69.7 cm³/mol. The second-order valence-electron chi connectivity index (χ2n) is 4.76. The maximum Gasteiger partial charge on any atom is 0.329 e. The Bertz CT molecular complexity index is 329. The van der Waals surface area contributed by atoms with Crippen LogP contribution in [0.15, 0.2) is 0 Å². The molecule has 0 radical (unpaired) electrons. The van der Waals surface area contributed by atoms with Crippen LogP contribution in [0.4, 0.5) is 0 Å². The normalized spacial score (nSPS) is 13.6. The molecule has 0 spiro atoms. The van der Waals surface area contributed by atoms with Gasteiger partial charge in [0.05, 0.1) is 0 Å². The number of amides is 1. The summed E-state index contributed by atoms with van der Waals surface area (Å²) in [4.78, 5) is 33.7. The molecule has 0 aliphatic rings. The molecule has 0 rings (SSSR count). The molecule has 6 nitrogen and oxygen atoms in total. The number of aliphatic hydroxyl groups excluding tert-OH is 1. The average Bonchev–Trinajstić information content (AvgIpc) is 2.34. The first-order valence-corrected chi connectivity index (χ1v) is 6.52. The molecular weight excluding hydrogens is 250 g/mol. The molecule has 0 saturated carbocycles. The largest absolute Gasteiger partial charge is 0.480 e. The van der Waals surface area contributed by atoms with E-state index in [0.717, 1.165) is 0 Å². The number of carboxylic acids is 1. The first-order chi connectivity index (χ1) is 8.85. The quantitative estimate of drug-likeness (QED) is 0.512. The van der Waals surface area contributed by atoms with Gasteiger partial charge in [0.25, 0.3) is 0 Å². The summed E-state index contributed by atoms with van der Waals surface area (Å²) in [6.45, 7) is 2.85. The highest BCUT2D eigenvalue weighted by Gasteiger charge is 2.33. The van der Waals surface area contributed by atoms with E-state index in [1.807, 2.05) is 0 Å². The van der Waals surface area contributed by atoms with Crippen LogP contribution in [0, 0.1) is 0 Å². The van der Waals surface area contributed by atoms with Gasteiger partial charge in [0.15, 0.2) is 0 Å². The van der Waals surface area contributed by atoms with Crippen molar-refractivity contribution in [2.45, 2.75) is 57.9 Å². The van der Waals surface area contributed by atoms with Crippen LogP contribution >= 0.6 is 0 Å². The van der Waals surface area contributed by atoms with Crippen LogP contribution in [0.3, 0.4) is 0 Å². The third-order valence-electron chi connectivity index (χ3n) is 3.00. The van der Waals surface area contributed by atoms with Gasteiger partial charge in [0.1, 0.15) is 11.3 Å². The lowest BCUT2D eigenvalue weighted by molar-refractivity contribution is -0.147. The van der Waals surface area contributed by atoms with Gasteiger partial charge in [-0.25, -0.2) is 4.79 Å². The lowest BCUT2D eigenvalue weighted by atomic mass is 9.98. The molecule has 0 saturated heterocycles. The molecule has 0 bridgehead atoms. The van der Waals surface area contributed by atoms with E-state index < -0.39 is 11.5 Å². The first-order valence-electron chi connectivity index (χ1n) is 6.52. The fourth-order valence-corrected chi connectivity index (χ4v) is 1.60. The number of hydrogen-bond acceptors (Lipinski definition) is 4. The summed E-state index contributed by atoms with van der Waals surface area (Å²) in [6.07, 6.45) is 2.28. The molecule has 1 atom stereocenters. The summed E-state index contributed by atoms with van der Waals surface area (Å²) >= 11 is 0. The number of carboxylic acid groups (broad SMARTS) is 1. The summed E-state index contributed by atoms with van der Waals surface area (Å²) in [5, 5.41) is 20.2. The number of aliphatic hydroxyl groups is 1. The maximum atomic E-state index is 11.6. The highest BCUT2D eigenvalue weighted by Crippen LogP contribution is 2.11. The fraction of sp³-hybridized carbons (Fsp3) is 0.769. The van der Waals surface area contributed by atoms with Gasteiger partial charge in [-0.1, -0.05) is 6.92 Å². The Morgan fingerprint density at radius 3 is 2.21 bits per heavy atom. The molecule has 3 N–H and O–H groups in total. The van der Waals surface area contributed by atoms with E-state index in [-0.39, 0.29) is 31.1 Å². The highest BCUT2D eigenvalue weighted by atomic mass is 16.4. The average molecular weight is 273 g/mol. The number of rotatable bonds is 10. The number of nitrogens with one attached hydrogen (secondary N) is 1. The van der Waals surface area contributed by atoms with Crippen molar-refractivity contribution in [3.05, 3.63) is 0 Å². The van der Waals surface area contributed by atoms with Crippen LogP contribution in [0.25, 0.3) is 0 Å². The maximum absolute atomic E-state index is 11.6. The van der Waals surface area contributed by atoms with Crippen molar-refractivity contribution in [2.75, 3.05) is 6.61 Å². The topological polar surface area (TPSA) is 104 Å². The van der Waals surface area contributed by atoms with Crippen LogP contribution < -0.4 is 5.32 Å². The van der Waals surface area contributed by atoms with Crippen molar-refractivity contribution < 1.29 is 24.6 Å². The van der Waals surface area contributed by atoms with Crippen LogP contribution in [0.2, 0.25) is 0 Å². The van der Waals surface area contributed by atoms with E-state index in [2.05, 4.69) is 5.32 Å². The summed E-state index contributed by atoms with van der Waals surface area (Å²) < 4.78 is 0. The van der Waals surface area contributed by atoms with Gasteiger partial charge in [-0.05, 0) is 19.8 Å². The Kier molecular flexibility index (Phi) is 7.98. The summed E-state index contributed by atoms with van der Waals surface area (Å²) in [5.74, 6) is -1.38. The second-order valence-corrected chi connectivity index (χ2v) is 4.76. The van der Waals surface area contributed by atoms with Crippen molar-refractivity contribution in [3.8, 4) is 0 Å². The number of hydrogen-bond donors (Lipinski definition) is 3. The van der Waals surface area contributed by atoms with Crippen molar-refractivity contribution in [2.24, 2.45) is 0 Å². The number of unbranched alkanes of at least 4 members (excludes halogenated alkanes) is 1. The SMILES string of the molecule is CCC(=O)CCCCC(=O)N[C@@](C)(CCO)C(=O)O. The predicted octanol–water partition coefficient (Wildman–Crippen LogP) is 0.868. The molecule has 0 aliphatic carbocycles. The van der Waals surface area contributed by atoms with E-state index in [9.17, 15) is 14.4 Å². The van der Waals surface area contributed by atoms with Crippen molar-refractivity contribution in [1.29, 1.82) is 0 Å². The van der Waals surface area contributed by atoms with Gasteiger partial charge >= 0.3 is 5.97 Å². The van der Waals surface area contributed by atoms with E-state index in [4.69, 9.17) is 10.2 Å². The molecule has 1 amide bonds. The van der Waals surface area contributed by atoms with Crippen LogP contribution in [0.5, 0.6) is 0 Å². The van der Waals surface area contributed by atoms with E-state index in [0.29, 0.717) is 25.7 Å². The second kappa shape index (κ2) is 8.63. The lowest BCUT2D eigenvalue weighted by Gasteiger charge is -2.25. The minimum atomic E-state index is -1.44. The Labute approximate surface area is 113 Å². The molecule has 0 aromatic heterocycles. The molecular formula is C13H23NO5. The minimum Gasteiger partial charge on any atom is -0.480 e. The van der Waals surface area contributed by atoms with E-state index in [1.165, 1.54) is 6.92 Å². The Balaban J connectivity index is 4.08. The third-order valence-corrected chi connectivity index (χ3v) is 3.00. The Hall–Kier alpha value is -1.43. The van der Waals surface area contributed by atoms with Crippen LogP contribution in [-0.4, -0.2) is 40.0 Å². The zero-order valence-corrected chi connectivity index (χ0v) is 11.6. The smallest absolute Gasteiger partial charge is 0.329 e. The van der Waals surface area contributed by atoms with Crippen molar-refractivity contribution >= 4 is 17.7 Å². The monoisotopic (exact) mass is 273 g/mol. The van der Waals surface area contributed by atoms with E-state index >= 15 is 0 Å². The fourth-order valence-electron chi connectivity index (χ4n) is 1.60. The number of carbonyl (C=O) groups is 3. The molecule has 0 unspecified atom stereocenters. The number of carbonyl (C=O) groups excluding carboxylic acids is 2. The number of Topliss-reactive ketones (excluding diaryl/α,β-unsaturated/α-hetero) is 1. The molecule has 0 heterocycles. The number of ketones is 1. The van der Waals surface area contributed by atoms with Gasteiger partial charge in [-0.2, -0.15) is 0 Å². The zero-order chi connectivity index (χ0) is 14.9. The molecule has 19 heavy (non-hydrogen) atoms. The Morgan fingerprint density at radius 2 is 1.74 bits per heavy atom. The minimum absolute atomic E-state index is 0.0393. The standard InChI is InChI=1S/C13H23NO5/c1-3-10(16)6-4-5-7-11(17)14-13(2,8-9-15)12(18)19/h15H,3-9H2,1-2H3,(H,14,17)(H,18,19)/t13-/m0/s1. The molecule has 0 aromatic rings. The van der Waals surface area contributed by atoms with Crippen LogP contribution in [-0.2, 0) is 14.4 Å². The molecule has 0 fully saturated rings. The Morgan fingerprint density at radius 1 is 1.16 bits per heavy atom. The highest BCUT2D eigenvalue weighted by molar-refractivity contribution is 5.86. The zero-order valence-electron chi connectivity index (χ0n) is 11.6. The van der Waals surface area contributed by atoms with Gasteiger partial charge in [0.2, 0.25) is 5.91 Å². The molecule has 0 aromatic carbocycles. The van der Waals surface area contributed by atoms with E-state index in [1.54, 1.807) is 6.92 Å². The van der Waals surface area contributed by atoms with Crippen molar-refractivity contribution in [3.63, 3.8) is 0 Å². The van der Waals surface area contributed by atoms with Crippen LogP contribution in [0.1, 0.15) is 52.4 Å². The lowest BCUT2D eigenvalue weighted by Crippen LogP contribution is -2.52. The third kappa shape index (κ3) is 6.91. The number of aliphatic carboxylic acids is 1.